The number of nitrogens with two attached hydrogens (primary N) is 1. The van der Waals surface area contributed by atoms with E-state index in [4.69, 9.17) is 15.0 Å². The number of benzene rings is 1. The van der Waals surface area contributed by atoms with Crippen molar-refractivity contribution in [2.24, 2.45) is 0 Å². The van der Waals surface area contributed by atoms with Crippen molar-refractivity contribution < 1.29 is 9.26 Å². The Bertz CT molecular complexity index is 495. The van der Waals surface area contributed by atoms with E-state index in [-0.39, 0.29) is 5.60 Å². The van der Waals surface area contributed by atoms with Crippen molar-refractivity contribution in [1.29, 1.82) is 0 Å². The van der Waals surface area contributed by atoms with Gasteiger partial charge in [-0.15, -0.1) is 0 Å². The lowest BCUT2D eigenvalue weighted by molar-refractivity contribution is 0.131. The maximum absolute atomic E-state index is 5.73. The third kappa shape index (κ3) is 3.00. The van der Waals surface area contributed by atoms with Gasteiger partial charge in [0.05, 0.1) is 0 Å². The van der Waals surface area contributed by atoms with Gasteiger partial charge in [0.25, 0.3) is 0 Å². The summed E-state index contributed by atoms with van der Waals surface area (Å²) < 4.78 is 10.6. The molecular weight excluding hydrogens is 216 g/mol. The van der Waals surface area contributed by atoms with Crippen LogP contribution in [0.3, 0.4) is 0 Å². The van der Waals surface area contributed by atoms with Crippen LogP contribution in [0.25, 0.3) is 11.3 Å². The number of nitrogens with zero attached hydrogens (tertiary/aromatic N) is 1. The highest BCUT2D eigenvalue weighted by molar-refractivity contribution is 5.61. The predicted molar refractivity (Wildman–Crippen MR) is 66.7 cm³/mol. The average molecular weight is 232 g/mol. The standard InChI is InChI=1S/C13H16N2O2/c1-13(2,3)16-10-6-4-9(5-7-10)11-8-12(14)17-15-11/h4-8H,14H2,1-3H3. The summed E-state index contributed by atoms with van der Waals surface area (Å²) in [7, 11) is 0. The van der Waals surface area contributed by atoms with Gasteiger partial charge in [0.15, 0.2) is 0 Å². The Kier molecular flexibility index (Phi) is 2.79. The van der Waals surface area contributed by atoms with Crippen LogP contribution in [-0.2, 0) is 0 Å². The molecule has 0 aliphatic carbocycles. The average Bonchev–Trinajstić information content (AvgIpc) is 2.63. The van der Waals surface area contributed by atoms with Gasteiger partial charge >= 0.3 is 0 Å². The van der Waals surface area contributed by atoms with Gasteiger partial charge in [-0.05, 0) is 45.0 Å². The molecule has 0 spiro atoms. The molecule has 2 rings (SSSR count). The Balaban J connectivity index is 2.19. The first kappa shape index (κ1) is 11.5. The highest BCUT2D eigenvalue weighted by Gasteiger charge is 2.12. The number of hydrogen-bond acceptors (Lipinski definition) is 4. The van der Waals surface area contributed by atoms with Crippen molar-refractivity contribution in [2.45, 2.75) is 26.4 Å². The van der Waals surface area contributed by atoms with E-state index in [9.17, 15) is 0 Å². The Hall–Kier alpha value is -1.97. The van der Waals surface area contributed by atoms with Gasteiger partial charge in [-0.25, -0.2) is 0 Å². The number of rotatable bonds is 2. The molecule has 0 aliphatic heterocycles. The molecule has 0 amide bonds. The quantitative estimate of drug-likeness (QED) is 0.864. The van der Waals surface area contributed by atoms with Gasteiger partial charge in [0.1, 0.15) is 17.0 Å². The van der Waals surface area contributed by atoms with Crippen molar-refractivity contribution in [3.63, 3.8) is 0 Å². The monoisotopic (exact) mass is 232 g/mol. The van der Waals surface area contributed by atoms with Crippen LogP contribution in [0.4, 0.5) is 5.88 Å². The zero-order valence-electron chi connectivity index (χ0n) is 10.2. The first-order valence-corrected chi connectivity index (χ1v) is 5.46. The van der Waals surface area contributed by atoms with Gasteiger partial charge in [0.2, 0.25) is 5.88 Å². The van der Waals surface area contributed by atoms with Crippen molar-refractivity contribution in [1.82, 2.24) is 5.16 Å². The summed E-state index contributed by atoms with van der Waals surface area (Å²) in [4.78, 5) is 0. The fraction of sp³-hybridized carbons (Fsp3) is 0.308. The van der Waals surface area contributed by atoms with Crippen LogP contribution in [0.5, 0.6) is 5.75 Å². The second-order valence-corrected chi connectivity index (χ2v) is 4.85. The topological polar surface area (TPSA) is 61.3 Å². The molecule has 4 nitrogen and oxygen atoms in total. The van der Waals surface area contributed by atoms with Crippen LogP contribution in [0, 0.1) is 0 Å². The molecule has 1 heterocycles. The Morgan fingerprint density at radius 1 is 1.18 bits per heavy atom. The van der Waals surface area contributed by atoms with Gasteiger partial charge < -0.3 is 15.0 Å². The minimum Gasteiger partial charge on any atom is -0.488 e. The molecule has 0 radical (unpaired) electrons. The van der Waals surface area contributed by atoms with E-state index in [1.165, 1.54) is 0 Å². The van der Waals surface area contributed by atoms with Crippen LogP contribution in [-0.4, -0.2) is 10.8 Å². The fourth-order valence-electron chi connectivity index (χ4n) is 1.47. The van der Waals surface area contributed by atoms with Crippen molar-refractivity contribution in [3.05, 3.63) is 30.3 Å². The van der Waals surface area contributed by atoms with Crippen LogP contribution in [0.15, 0.2) is 34.9 Å². The second-order valence-electron chi connectivity index (χ2n) is 4.85. The van der Waals surface area contributed by atoms with Crippen LogP contribution in [0.2, 0.25) is 0 Å². The lowest BCUT2D eigenvalue weighted by Crippen LogP contribution is -2.22. The predicted octanol–water partition coefficient (Wildman–Crippen LogP) is 3.10. The van der Waals surface area contributed by atoms with Crippen LogP contribution in [0.1, 0.15) is 20.8 Å². The summed E-state index contributed by atoms with van der Waals surface area (Å²) in [5.41, 5.74) is 6.96. The number of anilines is 1. The Morgan fingerprint density at radius 2 is 1.82 bits per heavy atom. The molecule has 0 bridgehead atoms. The molecule has 2 aromatic rings. The van der Waals surface area contributed by atoms with E-state index < -0.39 is 0 Å². The Morgan fingerprint density at radius 3 is 2.29 bits per heavy atom. The van der Waals surface area contributed by atoms with Gasteiger partial charge in [0, 0.05) is 11.6 Å². The Labute approximate surface area is 100 Å². The van der Waals surface area contributed by atoms with E-state index in [0.29, 0.717) is 5.88 Å². The lowest BCUT2D eigenvalue weighted by Gasteiger charge is -2.21. The summed E-state index contributed by atoms with van der Waals surface area (Å²) in [5, 5.41) is 3.85. The molecule has 17 heavy (non-hydrogen) atoms. The molecule has 1 aromatic carbocycles. The van der Waals surface area contributed by atoms with Crippen molar-refractivity contribution in [3.8, 4) is 17.0 Å². The molecule has 90 valence electrons. The summed E-state index contributed by atoms with van der Waals surface area (Å²) in [6, 6.07) is 9.37. The number of ether oxygens (including phenoxy) is 1. The lowest BCUT2D eigenvalue weighted by atomic mass is 10.1. The second kappa shape index (κ2) is 4.13. The minimum atomic E-state index is -0.195. The van der Waals surface area contributed by atoms with E-state index in [1.807, 2.05) is 45.0 Å². The summed E-state index contributed by atoms with van der Waals surface area (Å²) >= 11 is 0. The van der Waals surface area contributed by atoms with Gasteiger partial charge in [-0.2, -0.15) is 0 Å². The van der Waals surface area contributed by atoms with E-state index >= 15 is 0 Å². The molecule has 0 saturated carbocycles. The van der Waals surface area contributed by atoms with Crippen LogP contribution < -0.4 is 10.5 Å². The zero-order chi connectivity index (χ0) is 12.5. The highest BCUT2D eigenvalue weighted by atomic mass is 16.5. The zero-order valence-corrected chi connectivity index (χ0v) is 10.2. The largest absolute Gasteiger partial charge is 0.488 e. The third-order valence-electron chi connectivity index (χ3n) is 2.10. The van der Waals surface area contributed by atoms with Crippen LogP contribution >= 0.6 is 0 Å². The first-order valence-electron chi connectivity index (χ1n) is 5.46. The molecular formula is C13H16N2O2. The van der Waals surface area contributed by atoms with Crippen molar-refractivity contribution >= 4 is 5.88 Å². The number of aromatic nitrogens is 1. The molecule has 2 N–H and O–H groups in total. The summed E-state index contributed by atoms with van der Waals surface area (Å²) in [6.07, 6.45) is 0. The fourth-order valence-corrected chi connectivity index (χ4v) is 1.47. The molecule has 0 fully saturated rings. The first-order chi connectivity index (χ1) is 7.94. The highest BCUT2D eigenvalue weighted by Crippen LogP contribution is 2.24. The molecule has 4 heteroatoms. The minimum absolute atomic E-state index is 0.195. The summed E-state index contributed by atoms with van der Waals surface area (Å²) in [5.74, 6) is 1.15. The van der Waals surface area contributed by atoms with Crippen molar-refractivity contribution in [2.75, 3.05) is 5.73 Å². The molecule has 0 unspecified atom stereocenters. The molecule has 0 saturated heterocycles. The van der Waals surface area contributed by atoms with E-state index in [0.717, 1.165) is 17.0 Å². The van der Waals surface area contributed by atoms with Gasteiger partial charge in [-0.1, -0.05) is 5.16 Å². The van der Waals surface area contributed by atoms with E-state index in [1.54, 1.807) is 6.07 Å². The number of nitrogen functional groups attached to an aromatic ring is 1. The third-order valence-corrected chi connectivity index (χ3v) is 2.10. The summed E-state index contributed by atoms with van der Waals surface area (Å²) in [6.45, 7) is 6.04. The maximum Gasteiger partial charge on any atom is 0.222 e. The molecule has 1 aromatic heterocycles. The SMILES string of the molecule is CC(C)(C)Oc1ccc(-c2cc(N)on2)cc1. The van der Waals surface area contributed by atoms with E-state index in [2.05, 4.69) is 5.16 Å². The van der Waals surface area contributed by atoms with Gasteiger partial charge in [-0.3, -0.25) is 0 Å². The smallest absolute Gasteiger partial charge is 0.222 e. The molecule has 0 aliphatic rings. The number of hydrogen-bond donors (Lipinski definition) is 1. The maximum atomic E-state index is 5.73. The normalized spacial score (nSPS) is 11.5. The molecule has 0 atom stereocenters.